The van der Waals surface area contributed by atoms with Gasteiger partial charge in [-0.2, -0.15) is 0 Å². The third-order valence-corrected chi connectivity index (χ3v) is 4.77. The van der Waals surface area contributed by atoms with Crippen LogP contribution in [0.2, 0.25) is 0 Å². The summed E-state index contributed by atoms with van der Waals surface area (Å²) in [6, 6.07) is 5.18. The van der Waals surface area contributed by atoms with Crippen molar-refractivity contribution in [2.45, 2.75) is 25.0 Å². The van der Waals surface area contributed by atoms with Crippen molar-refractivity contribution in [3.63, 3.8) is 0 Å². The van der Waals surface area contributed by atoms with Gasteiger partial charge in [0, 0.05) is 17.9 Å². The minimum absolute atomic E-state index is 0.399. The van der Waals surface area contributed by atoms with E-state index in [-0.39, 0.29) is 0 Å². The topological polar surface area (TPSA) is 95.5 Å². The third kappa shape index (κ3) is 2.98. The Labute approximate surface area is 111 Å². The molecule has 1 aromatic carbocycles. The fourth-order valence-electron chi connectivity index (χ4n) is 1.92. The maximum Gasteiger partial charge on any atom is 0.323 e. The number of aliphatic carboxylic acids is 1. The summed E-state index contributed by atoms with van der Waals surface area (Å²) < 4.78 is 25.9. The van der Waals surface area contributed by atoms with E-state index in [9.17, 15) is 13.2 Å². The molecule has 0 spiro atoms. The zero-order valence-electron chi connectivity index (χ0n) is 10.5. The molecule has 1 aliphatic heterocycles. The van der Waals surface area contributed by atoms with Crippen LogP contribution in [-0.4, -0.2) is 31.3 Å². The van der Waals surface area contributed by atoms with E-state index in [2.05, 4.69) is 10.0 Å². The minimum Gasteiger partial charge on any atom is -0.480 e. The second-order valence-corrected chi connectivity index (χ2v) is 6.53. The minimum atomic E-state index is -3.91. The molecule has 0 fully saturated rings. The smallest absolute Gasteiger partial charge is 0.323 e. The van der Waals surface area contributed by atoms with Crippen LogP contribution in [0.5, 0.6) is 0 Å². The summed E-state index contributed by atoms with van der Waals surface area (Å²) in [7, 11) is -3.91. The molecule has 7 heteroatoms. The second kappa shape index (κ2) is 5.08. The Hall–Kier alpha value is -1.76. The molecule has 1 atom stereocenters. The molecule has 104 valence electrons. The molecule has 6 nitrogen and oxygen atoms in total. The van der Waals surface area contributed by atoms with Crippen molar-refractivity contribution < 1.29 is 18.3 Å². The number of sulfonamides is 1. The Kier molecular flexibility index (Phi) is 3.66. The molecule has 2 rings (SSSR count). The molecule has 1 aromatic rings. The van der Waals surface area contributed by atoms with E-state index in [1.54, 1.807) is 18.2 Å². The van der Waals surface area contributed by atoms with Crippen molar-refractivity contribution in [2.24, 2.45) is 0 Å². The summed E-state index contributed by atoms with van der Waals surface area (Å²) in [5.41, 5.74) is 2.44. The number of nitrogens with one attached hydrogen (secondary N) is 2. The SMILES string of the molecule is CC(C(=O)O)S(=O)(=O)Nc1ccc2c(c1)CCCN2. The monoisotopic (exact) mass is 284 g/mol. The Morgan fingerprint density at radius 2 is 2.21 bits per heavy atom. The molecule has 3 N–H and O–H groups in total. The number of benzene rings is 1. The maximum absolute atomic E-state index is 11.8. The van der Waals surface area contributed by atoms with Crippen molar-refractivity contribution in [1.29, 1.82) is 0 Å². The van der Waals surface area contributed by atoms with Crippen LogP contribution in [0.15, 0.2) is 18.2 Å². The van der Waals surface area contributed by atoms with E-state index in [1.807, 2.05) is 0 Å². The molecule has 1 unspecified atom stereocenters. The Morgan fingerprint density at radius 3 is 2.89 bits per heavy atom. The number of carbonyl (C=O) groups is 1. The van der Waals surface area contributed by atoms with E-state index >= 15 is 0 Å². The first-order valence-electron chi connectivity index (χ1n) is 6.01. The van der Waals surface area contributed by atoms with Gasteiger partial charge in [0.05, 0.1) is 0 Å². The van der Waals surface area contributed by atoms with Gasteiger partial charge >= 0.3 is 5.97 Å². The zero-order chi connectivity index (χ0) is 14.0. The molecule has 1 heterocycles. The van der Waals surface area contributed by atoms with Crippen molar-refractivity contribution in [1.82, 2.24) is 0 Å². The van der Waals surface area contributed by atoms with Gasteiger partial charge in [-0.1, -0.05) is 0 Å². The van der Waals surface area contributed by atoms with Crippen LogP contribution < -0.4 is 10.0 Å². The number of anilines is 2. The molecule has 0 bridgehead atoms. The van der Waals surface area contributed by atoms with E-state index in [0.29, 0.717) is 5.69 Å². The number of fused-ring (bicyclic) bond motifs is 1. The van der Waals surface area contributed by atoms with Gasteiger partial charge in [-0.25, -0.2) is 8.42 Å². The fraction of sp³-hybridized carbons (Fsp3) is 0.417. The van der Waals surface area contributed by atoms with Gasteiger partial charge in [0.1, 0.15) is 0 Å². The predicted octanol–water partition coefficient (Wildman–Crippen LogP) is 1.26. The molecular formula is C12H16N2O4S. The summed E-state index contributed by atoms with van der Waals surface area (Å²) in [6.45, 7) is 2.05. The standard InChI is InChI=1S/C12H16N2O4S/c1-8(12(15)16)19(17,18)14-10-4-5-11-9(7-10)3-2-6-13-11/h4-5,7-8,13-14H,2-3,6H2,1H3,(H,15,16). The highest BCUT2D eigenvalue weighted by Crippen LogP contribution is 2.25. The molecule has 0 saturated heterocycles. The lowest BCUT2D eigenvalue weighted by Gasteiger charge is -2.19. The molecule has 19 heavy (non-hydrogen) atoms. The average molecular weight is 284 g/mol. The van der Waals surface area contributed by atoms with Crippen molar-refractivity contribution in [3.8, 4) is 0 Å². The molecule has 1 aliphatic rings. The molecule has 0 aliphatic carbocycles. The highest BCUT2D eigenvalue weighted by Gasteiger charge is 2.27. The van der Waals surface area contributed by atoms with Gasteiger partial charge in [0.25, 0.3) is 0 Å². The summed E-state index contributed by atoms with van der Waals surface area (Å²) in [5.74, 6) is -1.37. The zero-order valence-corrected chi connectivity index (χ0v) is 11.3. The summed E-state index contributed by atoms with van der Waals surface area (Å²) in [6.07, 6.45) is 1.88. The Morgan fingerprint density at radius 1 is 1.47 bits per heavy atom. The summed E-state index contributed by atoms with van der Waals surface area (Å²) in [5, 5.41) is 10.5. The largest absolute Gasteiger partial charge is 0.480 e. The quantitative estimate of drug-likeness (QED) is 0.773. The van der Waals surface area contributed by atoms with Gasteiger partial charge in [-0.15, -0.1) is 0 Å². The normalized spacial score (nSPS) is 16.1. The highest BCUT2D eigenvalue weighted by molar-refractivity contribution is 7.94. The van der Waals surface area contributed by atoms with Crippen LogP contribution in [0.4, 0.5) is 11.4 Å². The lowest BCUT2D eigenvalue weighted by atomic mass is 10.0. The van der Waals surface area contributed by atoms with Crippen LogP contribution in [0.25, 0.3) is 0 Å². The molecule has 0 amide bonds. The number of hydrogen-bond acceptors (Lipinski definition) is 4. The van der Waals surface area contributed by atoms with Crippen LogP contribution in [0.3, 0.4) is 0 Å². The van der Waals surface area contributed by atoms with Crippen molar-refractivity contribution >= 4 is 27.4 Å². The fourth-order valence-corrected chi connectivity index (χ4v) is 2.82. The average Bonchev–Trinajstić information content (AvgIpc) is 2.37. The first-order valence-corrected chi connectivity index (χ1v) is 7.56. The lowest BCUT2D eigenvalue weighted by Crippen LogP contribution is -2.32. The Bertz CT molecular complexity index is 598. The lowest BCUT2D eigenvalue weighted by molar-refractivity contribution is -0.136. The second-order valence-electron chi connectivity index (χ2n) is 4.53. The summed E-state index contributed by atoms with van der Waals surface area (Å²) in [4.78, 5) is 10.7. The maximum atomic E-state index is 11.8. The van der Waals surface area contributed by atoms with Crippen LogP contribution in [0.1, 0.15) is 18.9 Å². The van der Waals surface area contributed by atoms with Gasteiger partial charge in [-0.05, 0) is 43.5 Å². The van der Waals surface area contributed by atoms with Gasteiger partial charge in [0.15, 0.2) is 5.25 Å². The number of hydrogen-bond donors (Lipinski definition) is 3. The van der Waals surface area contributed by atoms with E-state index in [4.69, 9.17) is 5.11 Å². The Balaban J connectivity index is 2.22. The predicted molar refractivity (Wildman–Crippen MR) is 72.9 cm³/mol. The van der Waals surface area contributed by atoms with Crippen molar-refractivity contribution in [2.75, 3.05) is 16.6 Å². The molecule has 0 radical (unpaired) electrons. The van der Waals surface area contributed by atoms with Crippen LogP contribution in [-0.2, 0) is 21.2 Å². The summed E-state index contributed by atoms with van der Waals surface area (Å²) >= 11 is 0. The van der Waals surface area contributed by atoms with E-state index < -0.39 is 21.2 Å². The number of carboxylic acid groups (broad SMARTS) is 1. The third-order valence-electron chi connectivity index (χ3n) is 3.12. The van der Waals surface area contributed by atoms with Crippen molar-refractivity contribution in [3.05, 3.63) is 23.8 Å². The van der Waals surface area contributed by atoms with E-state index in [0.717, 1.165) is 37.6 Å². The van der Waals surface area contributed by atoms with Gasteiger partial charge in [0.2, 0.25) is 10.0 Å². The van der Waals surface area contributed by atoms with Gasteiger partial charge < -0.3 is 10.4 Å². The molecule has 0 saturated carbocycles. The molecule has 0 aromatic heterocycles. The van der Waals surface area contributed by atoms with Crippen LogP contribution in [0, 0.1) is 0 Å². The highest BCUT2D eigenvalue weighted by atomic mass is 32.2. The number of aryl methyl sites for hydroxylation is 1. The first-order chi connectivity index (χ1) is 8.90. The van der Waals surface area contributed by atoms with Gasteiger partial charge in [-0.3, -0.25) is 9.52 Å². The van der Waals surface area contributed by atoms with Crippen LogP contribution >= 0.6 is 0 Å². The first kappa shape index (κ1) is 13.7. The number of rotatable bonds is 4. The number of carboxylic acids is 1. The van der Waals surface area contributed by atoms with E-state index in [1.165, 1.54) is 0 Å². The molecular weight excluding hydrogens is 268 g/mol.